The van der Waals surface area contributed by atoms with E-state index < -0.39 is 11.6 Å². The lowest BCUT2D eigenvalue weighted by Crippen LogP contribution is -1.99. The first kappa shape index (κ1) is 11.9. The zero-order valence-electron chi connectivity index (χ0n) is 8.71. The fourth-order valence-electron chi connectivity index (χ4n) is 1.28. The predicted octanol–water partition coefficient (Wildman–Crippen LogP) is 4.00. The Bertz CT molecular complexity index is 511. The summed E-state index contributed by atoms with van der Waals surface area (Å²) in [4.78, 5) is 0. The van der Waals surface area contributed by atoms with Crippen molar-refractivity contribution >= 4 is 11.6 Å². The molecule has 2 rings (SSSR count). The Labute approximate surface area is 103 Å². The smallest absolute Gasteiger partial charge is 0.132 e. The predicted molar refractivity (Wildman–Crippen MR) is 61.0 cm³/mol. The van der Waals surface area contributed by atoms with Gasteiger partial charge in [0.15, 0.2) is 0 Å². The minimum absolute atomic E-state index is 0.0181. The van der Waals surface area contributed by atoms with Crippen LogP contribution in [0, 0.1) is 17.7 Å². The van der Waals surface area contributed by atoms with Crippen molar-refractivity contribution in [3.63, 3.8) is 0 Å². The van der Waals surface area contributed by atoms with Gasteiger partial charge in [0.05, 0.1) is 0 Å². The highest BCUT2D eigenvalue weighted by molar-refractivity contribution is 6.30. The molecule has 0 spiro atoms. The average molecular weight is 254 g/mol. The fourth-order valence-corrected chi connectivity index (χ4v) is 1.39. The highest BCUT2D eigenvalue weighted by Crippen LogP contribution is 2.17. The van der Waals surface area contributed by atoms with Crippen molar-refractivity contribution in [1.29, 1.82) is 0 Å². The first-order valence-electron chi connectivity index (χ1n) is 4.89. The third-order valence-corrected chi connectivity index (χ3v) is 2.38. The van der Waals surface area contributed by atoms with Crippen LogP contribution in [0.3, 0.4) is 0 Å². The van der Waals surface area contributed by atoms with E-state index in [1.807, 2.05) is 0 Å². The Morgan fingerprint density at radius 1 is 1.18 bits per heavy atom. The van der Waals surface area contributed by atoms with Crippen LogP contribution in [0.1, 0.15) is 5.56 Å². The van der Waals surface area contributed by atoms with E-state index in [1.54, 1.807) is 18.2 Å². The van der Waals surface area contributed by atoms with Gasteiger partial charge in [-0.2, -0.15) is 0 Å². The largest absolute Gasteiger partial charge is 0.488 e. The van der Waals surface area contributed by atoms with Crippen LogP contribution >= 0.6 is 11.6 Å². The van der Waals surface area contributed by atoms with E-state index in [-0.39, 0.29) is 12.2 Å². The topological polar surface area (TPSA) is 9.23 Å². The van der Waals surface area contributed by atoms with E-state index >= 15 is 0 Å². The maximum absolute atomic E-state index is 13.3. The molecule has 0 fully saturated rings. The van der Waals surface area contributed by atoms with Gasteiger partial charge in [-0.25, -0.2) is 8.78 Å². The van der Waals surface area contributed by atoms with Crippen LogP contribution < -0.4 is 4.74 Å². The van der Waals surface area contributed by atoms with Gasteiger partial charge in [-0.3, -0.25) is 0 Å². The van der Waals surface area contributed by atoms with Crippen molar-refractivity contribution in [3.8, 4) is 5.75 Å². The molecule has 4 heteroatoms. The highest BCUT2D eigenvalue weighted by atomic mass is 35.5. The summed E-state index contributed by atoms with van der Waals surface area (Å²) in [5.41, 5.74) is 0.287. The molecule has 0 N–H and O–H groups in total. The zero-order chi connectivity index (χ0) is 12.3. The van der Waals surface area contributed by atoms with Crippen LogP contribution in [0.4, 0.5) is 8.78 Å². The Kier molecular flexibility index (Phi) is 3.59. The molecule has 0 unspecified atom stereocenters. The van der Waals surface area contributed by atoms with E-state index in [4.69, 9.17) is 16.3 Å². The average Bonchev–Trinajstić information content (AvgIpc) is 2.30. The van der Waals surface area contributed by atoms with Crippen LogP contribution in [-0.2, 0) is 6.61 Å². The van der Waals surface area contributed by atoms with Crippen LogP contribution in [0.25, 0.3) is 0 Å². The molecule has 1 radical (unpaired) electrons. The molecule has 0 aliphatic carbocycles. The molecule has 0 saturated heterocycles. The van der Waals surface area contributed by atoms with Crippen molar-refractivity contribution in [2.24, 2.45) is 0 Å². The SMILES string of the molecule is Fc1ccc(COc2[c]cc(Cl)cc2)c(F)c1. The maximum atomic E-state index is 13.3. The lowest BCUT2D eigenvalue weighted by Gasteiger charge is -2.06. The van der Waals surface area contributed by atoms with Gasteiger partial charge in [-0.1, -0.05) is 11.6 Å². The first-order chi connectivity index (χ1) is 8.15. The van der Waals surface area contributed by atoms with Crippen LogP contribution in [0.5, 0.6) is 5.75 Å². The minimum atomic E-state index is -0.626. The Balaban J connectivity index is 2.04. The summed E-state index contributed by atoms with van der Waals surface area (Å²) in [5, 5.41) is 0.547. The fraction of sp³-hybridized carbons (Fsp3) is 0.0769. The van der Waals surface area contributed by atoms with Gasteiger partial charge < -0.3 is 4.74 Å². The normalized spacial score (nSPS) is 10.3. The third kappa shape index (κ3) is 3.17. The van der Waals surface area contributed by atoms with Crippen LogP contribution in [0.2, 0.25) is 5.02 Å². The van der Waals surface area contributed by atoms with Crippen molar-refractivity contribution in [1.82, 2.24) is 0 Å². The van der Waals surface area contributed by atoms with Gasteiger partial charge in [0.1, 0.15) is 24.0 Å². The summed E-state index contributed by atoms with van der Waals surface area (Å²) < 4.78 is 31.2. The number of halogens is 3. The molecular weight excluding hydrogens is 246 g/mol. The molecule has 0 heterocycles. The number of rotatable bonds is 3. The molecule has 0 saturated carbocycles. The van der Waals surface area contributed by atoms with E-state index in [0.717, 1.165) is 6.07 Å². The highest BCUT2D eigenvalue weighted by Gasteiger charge is 2.04. The first-order valence-corrected chi connectivity index (χ1v) is 5.27. The van der Waals surface area contributed by atoms with Gasteiger partial charge in [0.2, 0.25) is 0 Å². The zero-order valence-corrected chi connectivity index (χ0v) is 9.47. The lowest BCUT2D eigenvalue weighted by atomic mass is 10.2. The third-order valence-electron chi connectivity index (χ3n) is 2.14. The lowest BCUT2D eigenvalue weighted by molar-refractivity contribution is 0.299. The van der Waals surface area contributed by atoms with Crippen LogP contribution in [-0.4, -0.2) is 0 Å². The van der Waals surface area contributed by atoms with Crippen molar-refractivity contribution in [3.05, 3.63) is 64.7 Å². The number of hydrogen-bond acceptors (Lipinski definition) is 1. The molecule has 2 aromatic carbocycles. The van der Waals surface area contributed by atoms with Gasteiger partial charge in [0, 0.05) is 22.7 Å². The van der Waals surface area contributed by atoms with Gasteiger partial charge in [0.25, 0.3) is 0 Å². The summed E-state index contributed by atoms with van der Waals surface area (Å²) >= 11 is 5.68. The van der Waals surface area contributed by atoms with Crippen molar-refractivity contribution in [2.45, 2.75) is 6.61 Å². The van der Waals surface area contributed by atoms with E-state index in [1.165, 1.54) is 12.1 Å². The molecule has 0 aliphatic heterocycles. The Hall–Kier alpha value is -1.61. The summed E-state index contributed by atoms with van der Waals surface area (Å²) in [7, 11) is 0. The van der Waals surface area contributed by atoms with E-state index in [2.05, 4.69) is 6.07 Å². The van der Waals surface area contributed by atoms with Gasteiger partial charge >= 0.3 is 0 Å². The molecule has 0 aliphatic rings. The number of hydrogen-bond donors (Lipinski definition) is 0. The van der Waals surface area contributed by atoms with Gasteiger partial charge in [-0.05, 0) is 30.3 Å². The number of benzene rings is 2. The van der Waals surface area contributed by atoms with Crippen molar-refractivity contribution in [2.75, 3.05) is 0 Å². The summed E-state index contributed by atoms with van der Waals surface area (Å²) in [6, 6.07) is 11.0. The molecule has 87 valence electrons. The molecule has 0 aromatic heterocycles. The Morgan fingerprint density at radius 2 is 2.00 bits per heavy atom. The maximum Gasteiger partial charge on any atom is 0.132 e. The summed E-state index contributed by atoms with van der Waals surface area (Å²) in [5.74, 6) is -0.776. The van der Waals surface area contributed by atoms with Crippen molar-refractivity contribution < 1.29 is 13.5 Å². The second-order valence-electron chi connectivity index (χ2n) is 3.40. The quantitative estimate of drug-likeness (QED) is 0.803. The monoisotopic (exact) mass is 253 g/mol. The number of ether oxygens (including phenoxy) is 1. The molecule has 0 amide bonds. The van der Waals surface area contributed by atoms with E-state index in [9.17, 15) is 8.78 Å². The second kappa shape index (κ2) is 5.15. The second-order valence-corrected chi connectivity index (χ2v) is 3.83. The summed E-state index contributed by atoms with van der Waals surface area (Å²) in [6.45, 7) is 0.0181. The van der Waals surface area contributed by atoms with Gasteiger partial charge in [-0.15, -0.1) is 0 Å². The van der Waals surface area contributed by atoms with Crippen LogP contribution in [0.15, 0.2) is 36.4 Å². The minimum Gasteiger partial charge on any atom is -0.488 e. The summed E-state index contributed by atoms with van der Waals surface area (Å²) in [6.07, 6.45) is 0. The van der Waals surface area contributed by atoms with E-state index in [0.29, 0.717) is 10.8 Å². The standard InChI is InChI=1S/C13H8ClF2O/c14-10-2-5-12(6-3-10)17-8-9-1-4-11(15)7-13(9)16/h1-5,7H,8H2. The molecule has 2 aromatic rings. The molecule has 17 heavy (non-hydrogen) atoms. The Morgan fingerprint density at radius 3 is 2.65 bits per heavy atom. The molecule has 0 atom stereocenters. The molecular formula is C13H8ClF2O. The molecule has 0 bridgehead atoms. The molecule has 1 nitrogen and oxygen atoms in total.